The van der Waals surface area contributed by atoms with Gasteiger partial charge in [0.05, 0.1) is 4.90 Å². The van der Waals surface area contributed by atoms with Crippen LogP contribution in [-0.4, -0.2) is 28.4 Å². The number of sulfonamides is 1. The van der Waals surface area contributed by atoms with Gasteiger partial charge in [-0.25, -0.2) is 13.1 Å². The molecule has 9 nitrogen and oxygen atoms in total. The predicted molar refractivity (Wildman–Crippen MR) is 133 cm³/mol. The first-order valence-electron chi connectivity index (χ1n) is 10.6. The van der Waals surface area contributed by atoms with Crippen molar-refractivity contribution in [2.24, 2.45) is 0 Å². The van der Waals surface area contributed by atoms with Gasteiger partial charge in [0, 0.05) is 23.8 Å². The van der Waals surface area contributed by atoms with E-state index < -0.39 is 10.0 Å². The van der Waals surface area contributed by atoms with Gasteiger partial charge in [-0.1, -0.05) is 18.2 Å². The van der Waals surface area contributed by atoms with E-state index in [0.717, 1.165) is 5.69 Å². The average Bonchev–Trinajstić information content (AvgIpc) is 3.42. The van der Waals surface area contributed by atoms with E-state index in [4.69, 9.17) is 4.74 Å². The number of nitrogens with zero attached hydrogens (tertiary/aromatic N) is 4. The minimum Gasteiger partial charge on any atom is -0.457 e. The van der Waals surface area contributed by atoms with Crippen LogP contribution in [0.4, 0.5) is 17.2 Å². The van der Waals surface area contributed by atoms with Crippen LogP contribution in [0.2, 0.25) is 0 Å². The maximum atomic E-state index is 12.8. The van der Waals surface area contributed by atoms with Crippen LogP contribution in [0.15, 0.2) is 114 Å². The van der Waals surface area contributed by atoms with Crippen LogP contribution < -0.4 is 14.8 Å². The SMILES string of the molecule is O=S(=O)(Nc1ccc(Nc2ccc(-n3cccn3)nn2)cc1)c1ccc(Oc2ccccc2)cc1. The summed E-state index contributed by atoms with van der Waals surface area (Å²) in [4.78, 5) is 0.132. The van der Waals surface area contributed by atoms with Crippen molar-refractivity contribution in [3.8, 4) is 17.3 Å². The first kappa shape index (κ1) is 22.1. The zero-order valence-corrected chi connectivity index (χ0v) is 19.1. The maximum absolute atomic E-state index is 12.8. The van der Waals surface area contributed by atoms with E-state index in [2.05, 4.69) is 25.3 Å². The van der Waals surface area contributed by atoms with E-state index in [1.54, 1.807) is 71.7 Å². The molecule has 0 aliphatic carbocycles. The Kier molecular flexibility index (Phi) is 6.10. The number of anilines is 3. The highest BCUT2D eigenvalue weighted by Crippen LogP contribution is 2.24. The fraction of sp³-hybridized carbons (Fsp3) is 0. The zero-order chi connectivity index (χ0) is 24.1. The molecule has 35 heavy (non-hydrogen) atoms. The number of aromatic nitrogens is 4. The van der Waals surface area contributed by atoms with E-state index in [0.29, 0.717) is 28.8 Å². The van der Waals surface area contributed by atoms with Gasteiger partial charge in [-0.05, 0) is 78.9 Å². The molecule has 0 amide bonds. The highest BCUT2D eigenvalue weighted by atomic mass is 32.2. The molecule has 0 fully saturated rings. The first-order chi connectivity index (χ1) is 17.0. The quantitative estimate of drug-likeness (QED) is 0.319. The molecule has 5 aromatic rings. The normalized spacial score (nSPS) is 11.1. The number of ether oxygens (including phenoxy) is 1. The average molecular weight is 485 g/mol. The number of para-hydroxylation sites is 1. The Bertz CT molecular complexity index is 1490. The van der Waals surface area contributed by atoms with Crippen LogP contribution in [0.25, 0.3) is 5.82 Å². The molecule has 2 heterocycles. The van der Waals surface area contributed by atoms with Crippen LogP contribution in [-0.2, 0) is 10.0 Å². The van der Waals surface area contributed by atoms with Gasteiger partial charge in [0.2, 0.25) is 0 Å². The monoisotopic (exact) mass is 484 g/mol. The van der Waals surface area contributed by atoms with Crippen molar-refractivity contribution in [2.45, 2.75) is 4.90 Å². The lowest BCUT2D eigenvalue weighted by molar-refractivity contribution is 0.482. The standard InChI is InChI=1S/C25H20N6O3S/c32-35(33,23-13-11-22(12-14-23)34-21-5-2-1-3-6-21)30-20-9-7-19(8-10-20)27-24-15-16-25(29-28-24)31-18-4-17-26-31/h1-18,30H,(H,27,28). The summed E-state index contributed by atoms with van der Waals surface area (Å²) >= 11 is 0. The zero-order valence-electron chi connectivity index (χ0n) is 18.3. The van der Waals surface area contributed by atoms with Gasteiger partial charge in [0.15, 0.2) is 11.6 Å². The Hall–Kier alpha value is -4.70. The summed E-state index contributed by atoms with van der Waals surface area (Å²) in [6.45, 7) is 0. The van der Waals surface area contributed by atoms with Crippen molar-refractivity contribution in [1.29, 1.82) is 0 Å². The third-order valence-corrected chi connectivity index (χ3v) is 6.31. The molecule has 3 aromatic carbocycles. The van der Waals surface area contributed by atoms with E-state index in [1.165, 1.54) is 12.1 Å². The van der Waals surface area contributed by atoms with Crippen LogP contribution in [0.1, 0.15) is 0 Å². The second-order valence-corrected chi connectivity index (χ2v) is 9.10. The number of hydrogen-bond donors (Lipinski definition) is 2. The van der Waals surface area contributed by atoms with Crippen molar-refractivity contribution < 1.29 is 13.2 Å². The van der Waals surface area contributed by atoms with Crippen LogP contribution in [0.3, 0.4) is 0 Å². The van der Waals surface area contributed by atoms with Crippen molar-refractivity contribution in [2.75, 3.05) is 10.0 Å². The van der Waals surface area contributed by atoms with Crippen molar-refractivity contribution in [1.82, 2.24) is 20.0 Å². The molecule has 174 valence electrons. The van der Waals surface area contributed by atoms with E-state index in [-0.39, 0.29) is 4.90 Å². The van der Waals surface area contributed by atoms with Gasteiger partial charge in [0.25, 0.3) is 10.0 Å². The van der Waals surface area contributed by atoms with E-state index in [1.807, 2.05) is 30.3 Å². The van der Waals surface area contributed by atoms with E-state index >= 15 is 0 Å². The van der Waals surface area contributed by atoms with Gasteiger partial charge in [-0.2, -0.15) is 5.10 Å². The number of benzene rings is 3. The molecule has 0 saturated heterocycles. The molecule has 0 saturated carbocycles. The lowest BCUT2D eigenvalue weighted by Crippen LogP contribution is -2.12. The summed E-state index contributed by atoms with van der Waals surface area (Å²) < 4.78 is 35.5. The Labute approximate surface area is 202 Å². The smallest absolute Gasteiger partial charge is 0.261 e. The molecule has 5 rings (SSSR count). The molecule has 0 atom stereocenters. The third-order valence-electron chi connectivity index (χ3n) is 4.91. The van der Waals surface area contributed by atoms with Crippen LogP contribution in [0, 0.1) is 0 Å². The molecule has 2 aromatic heterocycles. The van der Waals surface area contributed by atoms with Gasteiger partial charge in [-0.3, -0.25) is 4.72 Å². The van der Waals surface area contributed by atoms with Gasteiger partial charge in [0.1, 0.15) is 11.5 Å². The molecule has 0 radical (unpaired) electrons. The largest absolute Gasteiger partial charge is 0.457 e. The minimum absolute atomic E-state index is 0.132. The van der Waals surface area contributed by atoms with Crippen molar-refractivity contribution >= 4 is 27.2 Å². The first-order valence-corrected chi connectivity index (χ1v) is 12.1. The Balaban J connectivity index is 1.21. The van der Waals surface area contributed by atoms with Gasteiger partial charge in [-0.15, -0.1) is 10.2 Å². The highest BCUT2D eigenvalue weighted by molar-refractivity contribution is 7.92. The maximum Gasteiger partial charge on any atom is 0.261 e. The lowest BCUT2D eigenvalue weighted by Gasteiger charge is -2.11. The molecule has 2 N–H and O–H groups in total. The summed E-state index contributed by atoms with van der Waals surface area (Å²) in [5.41, 5.74) is 1.16. The molecule has 0 aliphatic heterocycles. The van der Waals surface area contributed by atoms with Crippen molar-refractivity contribution in [3.63, 3.8) is 0 Å². The van der Waals surface area contributed by atoms with Gasteiger partial charge >= 0.3 is 0 Å². The second kappa shape index (κ2) is 9.65. The molecular weight excluding hydrogens is 464 g/mol. The van der Waals surface area contributed by atoms with Crippen molar-refractivity contribution in [3.05, 3.63) is 109 Å². The fourth-order valence-electron chi connectivity index (χ4n) is 3.21. The molecule has 0 bridgehead atoms. The van der Waals surface area contributed by atoms with Crippen LogP contribution in [0.5, 0.6) is 11.5 Å². The Morgan fingerprint density at radius 3 is 2.09 bits per heavy atom. The predicted octanol–water partition coefficient (Wildman–Crippen LogP) is 5.00. The van der Waals surface area contributed by atoms with Crippen LogP contribution >= 0.6 is 0 Å². The molecule has 0 spiro atoms. The number of hydrogen-bond acceptors (Lipinski definition) is 7. The third kappa shape index (κ3) is 5.45. The topological polar surface area (TPSA) is 111 Å². The summed E-state index contributed by atoms with van der Waals surface area (Å²) in [5.74, 6) is 2.37. The van der Waals surface area contributed by atoms with E-state index in [9.17, 15) is 8.42 Å². The summed E-state index contributed by atoms with van der Waals surface area (Å²) in [6.07, 6.45) is 3.45. The lowest BCUT2D eigenvalue weighted by atomic mass is 10.3. The Morgan fingerprint density at radius 2 is 1.43 bits per heavy atom. The fourth-order valence-corrected chi connectivity index (χ4v) is 4.27. The summed E-state index contributed by atoms with van der Waals surface area (Å²) in [7, 11) is -3.76. The molecular formula is C25H20N6O3S. The molecule has 0 aliphatic rings. The molecule has 10 heteroatoms. The minimum atomic E-state index is -3.76. The number of nitrogens with one attached hydrogen (secondary N) is 2. The highest BCUT2D eigenvalue weighted by Gasteiger charge is 2.14. The summed E-state index contributed by atoms with van der Waals surface area (Å²) in [6, 6.07) is 27.7. The molecule has 0 unspecified atom stereocenters. The Morgan fingerprint density at radius 1 is 0.714 bits per heavy atom. The second-order valence-electron chi connectivity index (χ2n) is 7.42. The summed E-state index contributed by atoms with van der Waals surface area (Å²) in [5, 5.41) is 15.5. The number of rotatable bonds is 8. The van der Waals surface area contributed by atoms with Gasteiger partial charge < -0.3 is 10.1 Å².